The van der Waals surface area contributed by atoms with Crippen molar-refractivity contribution in [2.75, 3.05) is 9.80 Å². The molecule has 91 heavy (non-hydrogen) atoms. The van der Waals surface area contributed by atoms with Crippen LogP contribution in [0.1, 0.15) is 0 Å². The van der Waals surface area contributed by atoms with Crippen LogP contribution in [0.3, 0.4) is 0 Å². The second-order valence-electron chi connectivity index (χ2n) is 24.6. The Labute approximate surface area is 525 Å². The van der Waals surface area contributed by atoms with Gasteiger partial charge in [-0.1, -0.05) is 255 Å². The molecule has 4 heterocycles. The van der Waals surface area contributed by atoms with E-state index >= 15 is 0 Å². The third-order valence-electron chi connectivity index (χ3n) is 20.0. The average Bonchev–Trinajstić information content (AvgIpc) is 1.58. The van der Waals surface area contributed by atoms with Crippen LogP contribution in [0.5, 0.6) is 0 Å². The quantitative estimate of drug-likeness (QED) is 0.122. The van der Waals surface area contributed by atoms with Gasteiger partial charge in [0.05, 0.1) is 39.1 Å². The first-order valence-corrected chi connectivity index (χ1v) is 31.6. The molecule has 0 amide bonds. The summed E-state index contributed by atoms with van der Waals surface area (Å²) >= 11 is 0. The first kappa shape index (κ1) is 50.1. The van der Waals surface area contributed by atoms with Crippen molar-refractivity contribution < 1.29 is 0 Å². The second-order valence-corrected chi connectivity index (χ2v) is 24.6. The number of fused-ring (bicyclic) bond motifs is 19. The van der Waals surface area contributed by atoms with Crippen LogP contribution >= 0.6 is 0 Å². The summed E-state index contributed by atoms with van der Waals surface area (Å²) in [6.07, 6.45) is 0. The van der Waals surface area contributed by atoms with E-state index in [0.717, 1.165) is 62.1 Å². The molecule has 16 aromatic carbocycles. The molecule has 0 radical (unpaired) electrons. The highest BCUT2D eigenvalue weighted by Crippen LogP contribution is 2.56. The summed E-state index contributed by atoms with van der Waals surface area (Å²) in [5.41, 5.74) is 22.2. The molecule has 2 aliphatic heterocycles. The molecule has 0 aliphatic carbocycles. The van der Waals surface area contributed by atoms with Gasteiger partial charge >= 0.3 is 0 Å². The van der Waals surface area contributed by atoms with Crippen molar-refractivity contribution in [3.8, 4) is 33.6 Å². The number of hydrogen-bond donors (Lipinski definition) is 0. The Kier molecular flexibility index (Phi) is 10.6. The minimum atomic E-state index is -0.291. The van der Waals surface area contributed by atoms with E-state index in [9.17, 15) is 0 Å². The van der Waals surface area contributed by atoms with E-state index in [1.54, 1.807) is 0 Å². The summed E-state index contributed by atoms with van der Waals surface area (Å²) < 4.78 is 5.02. The first-order valence-electron chi connectivity index (χ1n) is 31.6. The van der Waals surface area contributed by atoms with Crippen molar-refractivity contribution in [3.05, 3.63) is 322 Å². The fourth-order valence-electron chi connectivity index (χ4n) is 16.2. The van der Waals surface area contributed by atoms with Gasteiger partial charge in [-0.25, -0.2) is 0 Å². The van der Waals surface area contributed by atoms with Gasteiger partial charge in [0.1, 0.15) is 0 Å². The normalized spacial score (nSPS) is 12.8. The molecule has 0 atom stereocenters. The molecule has 5 heteroatoms. The largest absolute Gasteiger partial charge is 0.310 e. The standard InChI is InChI=1S/C86H53BN4/c1-5-25-54(26-6-1)62-47-45-56-29-13-15-35-60(56)84(62)90-79-49-70-67-40-21-23-43-75(67)88(58-31-9-3-10-32-58)77(70)52-73(79)87-74-53-78-71(68-41-22-24-44-76(68)89(78)59-33-11-4-12-34-59)50-80(74)91(85-61-36-16-14-30-57(61)46-48-63(85)55-27-7-2-8-28-55)86-82-69-42-20-19-38-65(69)64-37-17-18-39-66(64)72(82)51-81(90)83(86)87/h1-53H. The Morgan fingerprint density at radius 1 is 0.231 bits per heavy atom. The number of rotatable bonds is 6. The fourth-order valence-corrected chi connectivity index (χ4v) is 16.2. The van der Waals surface area contributed by atoms with Crippen LogP contribution in [0.25, 0.3) is 131 Å². The maximum Gasteiger partial charge on any atom is 0.252 e. The van der Waals surface area contributed by atoms with Crippen LogP contribution in [0.15, 0.2) is 322 Å². The van der Waals surface area contributed by atoms with Gasteiger partial charge in [0.25, 0.3) is 6.71 Å². The van der Waals surface area contributed by atoms with Gasteiger partial charge in [0, 0.05) is 77.3 Å². The molecule has 2 aliphatic rings. The van der Waals surface area contributed by atoms with Gasteiger partial charge in [-0.05, 0) is 132 Å². The predicted molar refractivity (Wildman–Crippen MR) is 388 cm³/mol. The van der Waals surface area contributed by atoms with E-state index < -0.39 is 0 Å². The van der Waals surface area contributed by atoms with Gasteiger partial charge in [0.15, 0.2) is 0 Å². The highest BCUT2D eigenvalue weighted by atomic mass is 15.2. The minimum Gasteiger partial charge on any atom is -0.310 e. The fraction of sp³-hybridized carbons (Fsp3) is 0. The Morgan fingerprint density at radius 3 is 1.11 bits per heavy atom. The molecule has 18 aromatic rings. The van der Waals surface area contributed by atoms with Crippen molar-refractivity contribution in [1.29, 1.82) is 0 Å². The monoisotopic (exact) mass is 1150 g/mol. The van der Waals surface area contributed by atoms with E-state index in [4.69, 9.17) is 0 Å². The molecule has 0 unspecified atom stereocenters. The zero-order valence-corrected chi connectivity index (χ0v) is 49.5. The van der Waals surface area contributed by atoms with Crippen molar-refractivity contribution in [2.24, 2.45) is 0 Å². The van der Waals surface area contributed by atoms with Crippen LogP contribution in [0.4, 0.5) is 34.1 Å². The zero-order chi connectivity index (χ0) is 59.4. The predicted octanol–water partition coefficient (Wildman–Crippen LogP) is 21.1. The van der Waals surface area contributed by atoms with Crippen LogP contribution in [-0.4, -0.2) is 15.8 Å². The molecule has 20 rings (SSSR count). The molecule has 2 aromatic heterocycles. The summed E-state index contributed by atoms with van der Waals surface area (Å²) in [6.45, 7) is -0.291. The van der Waals surface area contributed by atoms with E-state index in [1.165, 1.54) is 120 Å². The number of nitrogens with zero attached hydrogens (tertiary/aromatic N) is 4. The molecule has 0 fully saturated rings. The number of para-hydroxylation sites is 4. The third kappa shape index (κ3) is 7.11. The van der Waals surface area contributed by atoms with Crippen molar-refractivity contribution in [1.82, 2.24) is 9.13 Å². The van der Waals surface area contributed by atoms with Crippen LogP contribution < -0.4 is 26.2 Å². The molecule has 0 spiro atoms. The van der Waals surface area contributed by atoms with Gasteiger partial charge in [-0.15, -0.1) is 0 Å². The number of hydrogen-bond acceptors (Lipinski definition) is 2. The highest BCUT2D eigenvalue weighted by molar-refractivity contribution is 7.01. The third-order valence-corrected chi connectivity index (χ3v) is 20.0. The Balaban J connectivity index is 1.07. The van der Waals surface area contributed by atoms with Crippen LogP contribution in [0.2, 0.25) is 0 Å². The van der Waals surface area contributed by atoms with Gasteiger partial charge in [-0.3, -0.25) is 0 Å². The van der Waals surface area contributed by atoms with E-state index in [0.29, 0.717) is 0 Å². The second kappa shape index (κ2) is 19.3. The lowest BCUT2D eigenvalue weighted by molar-refractivity contribution is 1.18. The lowest BCUT2D eigenvalue weighted by atomic mass is 9.33. The molecule has 0 bridgehead atoms. The summed E-state index contributed by atoms with van der Waals surface area (Å²) in [6, 6.07) is 121. The van der Waals surface area contributed by atoms with Gasteiger partial charge < -0.3 is 18.9 Å². The molecule has 0 saturated heterocycles. The van der Waals surface area contributed by atoms with Crippen LogP contribution in [0, 0.1) is 0 Å². The molecule has 0 N–H and O–H groups in total. The van der Waals surface area contributed by atoms with Gasteiger partial charge in [0.2, 0.25) is 0 Å². The summed E-state index contributed by atoms with van der Waals surface area (Å²) in [4.78, 5) is 5.48. The maximum absolute atomic E-state index is 2.76. The Bertz CT molecular complexity index is 6030. The van der Waals surface area contributed by atoms with E-state index in [2.05, 4.69) is 340 Å². The minimum absolute atomic E-state index is 0.291. The highest BCUT2D eigenvalue weighted by Gasteiger charge is 2.47. The van der Waals surface area contributed by atoms with Crippen molar-refractivity contribution >= 4 is 155 Å². The average molecular weight is 1150 g/mol. The topological polar surface area (TPSA) is 16.3 Å². The number of benzene rings is 16. The SMILES string of the molecule is c1ccc(-c2ccc3ccccc3c2N2c3cc4c5ccccc5n(-c5ccccc5)c4cc3B3c4cc5c(cc4N(c4c(-c6ccccc6)ccc6ccccc46)c4c3c2cc2c3ccccc3c3ccccc3c42)c2ccccc2n5-c2ccccc2)cc1. The number of anilines is 6. The van der Waals surface area contributed by atoms with Crippen LogP contribution in [-0.2, 0) is 0 Å². The van der Waals surface area contributed by atoms with Crippen molar-refractivity contribution in [3.63, 3.8) is 0 Å². The van der Waals surface area contributed by atoms with E-state index in [-0.39, 0.29) is 6.71 Å². The van der Waals surface area contributed by atoms with E-state index in [1.807, 2.05) is 0 Å². The smallest absolute Gasteiger partial charge is 0.252 e. The van der Waals surface area contributed by atoms with Crippen molar-refractivity contribution in [2.45, 2.75) is 0 Å². The lowest BCUT2D eigenvalue weighted by Crippen LogP contribution is -2.61. The Hall–Kier alpha value is -11.9. The molecule has 0 saturated carbocycles. The summed E-state index contributed by atoms with van der Waals surface area (Å²) in [5.74, 6) is 0. The maximum atomic E-state index is 2.76. The lowest BCUT2D eigenvalue weighted by Gasteiger charge is -2.46. The zero-order valence-electron chi connectivity index (χ0n) is 49.5. The Morgan fingerprint density at radius 2 is 0.604 bits per heavy atom. The number of aromatic nitrogens is 2. The molecule has 420 valence electrons. The molecule has 4 nitrogen and oxygen atoms in total. The summed E-state index contributed by atoms with van der Waals surface area (Å²) in [5, 5.41) is 16.9. The first-order chi connectivity index (χ1) is 45.2. The molecular weight excluding hydrogens is 1100 g/mol. The summed E-state index contributed by atoms with van der Waals surface area (Å²) in [7, 11) is 0. The van der Waals surface area contributed by atoms with Gasteiger partial charge in [-0.2, -0.15) is 0 Å². The molecular formula is C86H53BN4.